The summed E-state index contributed by atoms with van der Waals surface area (Å²) in [4.78, 5) is 15.3. The van der Waals surface area contributed by atoms with Crippen molar-refractivity contribution in [1.29, 1.82) is 0 Å². The molecule has 27 heavy (non-hydrogen) atoms. The van der Waals surface area contributed by atoms with Crippen molar-refractivity contribution >= 4 is 5.91 Å². The average Bonchev–Trinajstić information content (AvgIpc) is 3.30. The summed E-state index contributed by atoms with van der Waals surface area (Å²) in [5.74, 6) is 0.840. The van der Waals surface area contributed by atoms with Gasteiger partial charge in [-0.2, -0.15) is 5.10 Å². The molecule has 0 aliphatic heterocycles. The van der Waals surface area contributed by atoms with E-state index in [2.05, 4.69) is 26.0 Å². The van der Waals surface area contributed by atoms with Crippen molar-refractivity contribution in [3.8, 4) is 11.5 Å². The first-order valence-corrected chi connectivity index (χ1v) is 9.66. The Morgan fingerprint density at radius 3 is 2.33 bits per heavy atom. The quantitative estimate of drug-likeness (QED) is 0.618. The van der Waals surface area contributed by atoms with E-state index in [1.807, 2.05) is 64.7 Å². The van der Waals surface area contributed by atoms with Crippen LogP contribution in [-0.2, 0) is 0 Å². The minimum Gasteiger partial charge on any atom is -0.339 e. The zero-order valence-electron chi connectivity index (χ0n) is 16.6. The van der Waals surface area contributed by atoms with Crippen LogP contribution in [0.4, 0.5) is 0 Å². The molecule has 142 valence electrons. The van der Waals surface area contributed by atoms with Crippen LogP contribution in [-0.4, -0.2) is 38.2 Å². The van der Waals surface area contributed by atoms with Gasteiger partial charge in [-0.1, -0.05) is 31.0 Å². The van der Waals surface area contributed by atoms with Gasteiger partial charge in [0.15, 0.2) is 5.82 Å². The van der Waals surface area contributed by atoms with E-state index in [1.54, 1.807) is 0 Å². The summed E-state index contributed by atoms with van der Waals surface area (Å²) in [7, 11) is 0. The molecule has 0 aliphatic carbocycles. The molecule has 1 aromatic carbocycles. The molecule has 0 unspecified atom stereocenters. The highest BCUT2D eigenvalue weighted by atomic mass is 16.2. The minimum atomic E-state index is 0.0468. The number of carbonyl (C=O) groups is 1. The molecule has 5 heteroatoms. The van der Waals surface area contributed by atoms with E-state index in [-0.39, 0.29) is 5.91 Å². The van der Waals surface area contributed by atoms with Crippen molar-refractivity contribution in [3.63, 3.8) is 0 Å². The van der Waals surface area contributed by atoms with Gasteiger partial charge in [-0.15, -0.1) is 0 Å². The molecule has 2 heterocycles. The van der Waals surface area contributed by atoms with Gasteiger partial charge in [0.1, 0.15) is 5.56 Å². The van der Waals surface area contributed by atoms with Crippen molar-refractivity contribution < 1.29 is 4.79 Å². The minimum absolute atomic E-state index is 0.0468. The molecule has 3 aromatic rings. The summed E-state index contributed by atoms with van der Waals surface area (Å²) in [6, 6.07) is 12.1. The molecular weight excluding hydrogens is 336 g/mol. The predicted molar refractivity (Wildman–Crippen MR) is 109 cm³/mol. The number of aromatic nitrogens is 3. The zero-order valence-corrected chi connectivity index (χ0v) is 16.6. The molecule has 0 aliphatic rings. The van der Waals surface area contributed by atoms with E-state index in [9.17, 15) is 4.79 Å². The van der Waals surface area contributed by atoms with E-state index in [0.717, 1.165) is 36.6 Å². The van der Waals surface area contributed by atoms with Gasteiger partial charge in [0.05, 0.1) is 11.4 Å². The smallest absolute Gasteiger partial charge is 0.259 e. The number of nitrogens with zero attached hydrogens (tertiary/aromatic N) is 4. The normalized spacial score (nSPS) is 11.0. The van der Waals surface area contributed by atoms with Crippen LogP contribution in [0.25, 0.3) is 11.5 Å². The number of aryl methyl sites for hydroxylation is 2. The number of hydrogen-bond acceptors (Lipinski definition) is 2. The molecule has 0 saturated heterocycles. The van der Waals surface area contributed by atoms with E-state index in [4.69, 9.17) is 5.10 Å². The second-order valence-electron chi connectivity index (χ2n) is 6.86. The van der Waals surface area contributed by atoms with Gasteiger partial charge in [0.25, 0.3) is 5.91 Å². The van der Waals surface area contributed by atoms with Crippen molar-refractivity contribution in [2.24, 2.45) is 0 Å². The average molecular weight is 364 g/mol. The van der Waals surface area contributed by atoms with E-state index in [0.29, 0.717) is 12.1 Å². The van der Waals surface area contributed by atoms with Crippen LogP contribution in [0.2, 0.25) is 0 Å². The highest BCUT2D eigenvalue weighted by Crippen LogP contribution is 2.25. The largest absolute Gasteiger partial charge is 0.339 e. The van der Waals surface area contributed by atoms with Crippen LogP contribution in [0.15, 0.2) is 48.8 Å². The Kier molecular flexibility index (Phi) is 5.79. The monoisotopic (exact) mass is 364 g/mol. The van der Waals surface area contributed by atoms with Crippen LogP contribution in [0, 0.1) is 13.8 Å². The van der Waals surface area contributed by atoms with Crippen LogP contribution in [0.1, 0.15) is 48.3 Å². The standard InChI is InChI=1S/C22H28N4O/c1-5-7-14-24(6-2)22(27)20-18(4)23-26(19-12-10-17(3)11-13-19)21(20)25-15-8-9-16-25/h8-13,15-16H,5-7,14H2,1-4H3. The van der Waals surface area contributed by atoms with Gasteiger partial charge >= 0.3 is 0 Å². The molecule has 1 amide bonds. The van der Waals surface area contributed by atoms with Crippen LogP contribution >= 0.6 is 0 Å². The number of amides is 1. The molecule has 0 radical (unpaired) electrons. The van der Waals surface area contributed by atoms with Gasteiger partial charge in [0.2, 0.25) is 0 Å². The van der Waals surface area contributed by atoms with Gasteiger partial charge in [-0.05, 0) is 51.5 Å². The Balaban J connectivity index is 2.14. The van der Waals surface area contributed by atoms with Gasteiger partial charge in [0, 0.05) is 25.5 Å². The number of benzene rings is 1. The third kappa shape index (κ3) is 3.82. The SMILES string of the molecule is CCCCN(CC)C(=O)c1c(C)nn(-c2ccc(C)cc2)c1-n1cccc1. The van der Waals surface area contributed by atoms with Gasteiger partial charge < -0.3 is 9.47 Å². The summed E-state index contributed by atoms with van der Waals surface area (Å²) in [5, 5.41) is 4.73. The molecule has 0 fully saturated rings. The van der Waals surface area contributed by atoms with Crippen molar-refractivity contribution in [1.82, 2.24) is 19.2 Å². The summed E-state index contributed by atoms with van der Waals surface area (Å²) in [5.41, 5.74) is 3.56. The molecular formula is C22H28N4O. The first kappa shape index (κ1) is 19.0. The third-order valence-electron chi connectivity index (χ3n) is 4.83. The van der Waals surface area contributed by atoms with Crippen molar-refractivity contribution in [3.05, 3.63) is 65.6 Å². The van der Waals surface area contributed by atoms with E-state index >= 15 is 0 Å². The second kappa shape index (κ2) is 8.25. The zero-order chi connectivity index (χ0) is 19.4. The summed E-state index contributed by atoms with van der Waals surface area (Å²) < 4.78 is 3.84. The maximum atomic E-state index is 13.4. The fourth-order valence-electron chi connectivity index (χ4n) is 3.26. The molecule has 0 bridgehead atoms. The third-order valence-corrected chi connectivity index (χ3v) is 4.83. The molecule has 0 saturated carbocycles. The van der Waals surface area contributed by atoms with Gasteiger partial charge in [-0.25, -0.2) is 4.68 Å². The van der Waals surface area contributed by atoms with Crippen LogP contribution in [0.3, 0.4) is 0 Å². The first-order chi connectivity index (χ1) is 13.1. The van der Waals surface area contributed by atoms with E-state index < -0.39 is 0 Å². The molecule has 5 nitrogen and oxygen atoms in total. The maximum Gasteiger partial charge on any atom is 0.259 e. The number of hydrogen-bond donors (Lipinski definition) is 0. The lowest BCUT2D eigenvalue weighted by atomic mass is 10.2. The summed E-state index contributed by atoms with van der Waals surface area (Å²) in [6.45, 7) is 9.61. The highest BCUT2D eigenvalue weighted by Gasteiger charge is 2.26. The topological polar surface area (TPSA) is 43.1 Å². The Morgan fingerprint density at radius 1 is 1.07 bits per heavy atom. The lowest BCUT2D eigenvalue weighted by Crippen LogP contribution is -2.32. The Hall–Kier alpha value is -2.82. The number of unbranched alkanes of at least 4 members (excludes halogenated alkanes) is 1. The molecule has 0 N–H and O–H groups in total. The fraction of sp³-hybridized carbons (Fsp3) is 0.364. The molecule has 3 rings (SSSR count). The number of rotatable bonds is 7. The lowest BCUT2D eigenvalue weighted by molar-refractivity contribution is 0.0761. The Bertz CT molecular complexity index is 891. The number of carbonyl (C=O) groups excluding carboxylic acids is 1. The lowest BCUT2D eigenvalue weighted by Gasteiger charge is -2.21. The second-order valence-corrected chi connectivity index (χ2v) is 6.86. The summed E-state index contributed by atoms with van der Waals surface area (Å²) in [6.07, 6.45) is 5.99. The molecule has 0 atom stereocenters. The van der Waals surface area contributed by atoms with Crippen molar-refractivity contribution in [2.45, 2.75) is 40.5 Å². The summed E-state index contributed by atoms with van der Waals surface area (Å²) >= 11 is 0. The van der Waals surface area contributed by atoms with Crippen molar-refractivity contribution in [2.75, 3.05) is 13.1 Å². The van der Waals surface area contributed by atoms with Gasteiger partial charge in [-0.3, -0.25) is 4.79 Å². The Morgan fingerprint density at radius 2 is 1.74 bits per heavy atom. The van der Waals surface area contributed by atoms with Crippen LogP contribution in [0.5, 0.6) is 0 Å². The maximum absolute atomic E-state index is 13.4. The fourth-order valence-corrected chi connectivity index (χ4v) is 3.26. The Labute approximate surface area is 161 Å². The molecule has 0 spiro atoms. The highest BCUT2D eigenvalue weighted by molar-refractivity contribution is 5.98. The predicted octanol–water partition coefficient (Wildman–Crippen LogP) is 4.54. The first-order valence-electron chi connectivity index (χ1n) is 9.66. The van der Waals surface area contributed by atoms with Crippen LogP contribution < -0.4 is 0 Å². The molecule has 2 aromatic heterocycles. The van der Waals surface area contributed by atoms with E-state index in [1.165, 1.54) is 5.56 Å².